The van der Waals surface area contributed by atoms with Gasteiger partial charge in [0.2, 0.25) is 0 Å². The monoisotopic (exact) mass is 308 g/mol. The molecule has 0 saturated carbocycles. The maximum atomic E-state index is 13.3. The summed E-state index contributed by atoms with van der Waals surface area (Å²) in [7, 11) is 1.54. The number of halogens is 2. The van der Waals surface area contributed by atoms with Gasteiger partial charge in [-0.2, -0.15) is 0 Å². The van der Waals surface area contributed by atoms with Gasteiger partial charge in [-0.3, -0.25) is 0 Å². The number of ether oxygens (including phenoxy) is 2. The van der Waals surface area contributed by atoms with Crippen LogP contribution in [0.25, 0.3) is 0 Å². The third kappa shape index (κ3) is 2.69. The molecule has 3 nitrogen and oxygen atoms in total. The molecule has 0 radical (unpaired) electrons. The van der Waals surface area contributed by atoms with Crippen molar-refractivity contribution in [1.29, 1.82) is 0 Å². The van der Waals surface area contributed by atoms with Crippen molar-refractivity contribution in [2.24, 2.45) is 0 Å². The number of aliphatic hydroxyl groups is 1. The van der Waals surface area contributed by atoms with E-state index in [1.54, 1.807) is 25.3 Å². The number of rotatable bonds is 2. The van der Waals surface area contributed by atoms with Crippen LogP contribution in [-0.2, 0) is 0 Å². The molecule has 0 aliphatic carbocycles. The first kappa shape index (κ1) is 14.2. The summed E-state index contributed by atoms with van der Waals surface area (Å²) >= 11 is 6.11. The van der Waals surface area contributed by atoms with Crippen molar-refractivity contribution < 1.29 is 19.0 Å². The zero-order valence-corrected chi connectivity index (χ0v) is 12.1. The third-order valence-electron chi connectivity index (χ3n) is 3.59. The summed E-state index contributed by atoms with van der Waals surface area (Å²) in [4.78, 5) is 0. The highest BCUT2D eigenvalue weighted by molar-refractivity contribution is 6.32. The quantitative estimate of drug-likeness (QED) is 0.910. The fourth-order valence-corrected chi connectivity index (χ4v) is 2.77. The molecule has 1 heterocycles. The largest absolute Gasteiger partial charge is 0.495 e. The highest BCUT2D eigenvalue weighted by atomic mass is 35.5. The molecule has 0 spiro atoms. The van der Waals surface area contributed by atoms with E-state index in [2.05, 4.69) is 0 Å². The first-order chi connectivity index (χ1) is 10.1. The predicted octanol–water partition coefficient (Wildman–Crippen LogP) is 4.04. The standard InChI is InChI=1S/C16H14ClFO3/c1-20-14-5-2-9(6-12(14)17)15-8-13(19)11-4-3-10(18)7-16(11)21-15/h2-7,13,15,19H,8H2,1H3/t13-,15?/m0/s1. The van der Waals surface area contributed by atoms with Crippen LogP contribution in [0.3, 0.4) is 0 Å². The second-order valence-electron chi connectivity index (χ2n) is 4.93. The van der Waals surface area contributed by atoms with Crippen LogP contribution in [0.1, 0.15) is 29.8 Å². The zero-order valence-electron chi connectivity index (χ0n) is 11.3. The molecule has 3 rings (SSSR count). The van der Waals surface area contributed by atoms with E-state index in [1.807, 2.05) is 6.07 Å². The Kier molecular flexibility index (Phi) is 3.74. The normalized spacial score (nSPS) is 20.6. The molecule has 1 aliphatic rings. The summed E-state index contributed by atoms with van der Waals surface area (Å²) in [6, 6.07) is 9.46. The van der Waals surface area contributed by atoms with Crippen LogP contribution >= 0.6 is 11.6 Å². The summed E-state index contributed by atoms with van der Waals surface area (Å²) in [5.41, 5.74) is 1.42. The predicted molar refractivity (Wildman–Crippen MR) is 77.3 cm³/mol. The van der Waals surface area contributed by atoms with Gasteiger partial charge in [0, 0.05) is 18.1 Å². The van der Waals surface area contributed by atoms with E-state index in [0.29, 0.717) is 28.5 Å². The lowest BCUT2D eigenvalue weighted by atomic mass is 9.95. The van der Waals surface area contributed by atoms with Crippen LogP contribution in [0.15, 0.2) is 36.4 Å². The highest BCUT2D eigenvalue weighted by Gasteiger charge is 2.28. The first-order valence-corrected chi connectivity index (χ1v) is 6.94. The second-order valence-corrected chi connectivity index (χ2v) is 5.34. The minimum atomic E-state index is -0.694. The van der Waals surface area contributed by atoms with Crippen LogP contribution in [0.5, 0.6) is 11.5 Å². The topological polar surface area (TPSA) is 38.7 Å². The van der Waals surface area contributed by atoms with Crippen LogP contribution in [0, 0.1) is 5.82 Å². The lowest BCUT2D eigenvalue weighted by Gasteiger charge is -2.30. The lowest BCUT2D eigenvalue weighted by Crippen LogP contribution is -2.19. The number of hydrogen-bond acceptors (Lipinski definition) is 3. The van der Waals surface area contributed by atoms with E-state index in [1.165, 1.54) is 12.1 Å². The van der Waals surface area contributed by atoms with E-state index in [9.17, 15) is 9.50 Å². The molecule has 1 unspecified atom stereocenters. The highest BCUT2D eigenvalue weighted by Crippen LogP contribution is 2.42. The Bertz CT molecular complexity index is 675. The van der Waals surface area contributed by atoms with Crippen molar-refractivity contribution in [2.75, 3.05) is 7.11 Å². The van der Waals surface area contributed by atoms with Gasteiger partial charge in [0.15, 0.2) is 0 Å². The molecular formula is C16H14ClFO3. The molecule has 0 aromatic heterocycles. The summed E-state index contributed by atoms with van der Waals surface area (Å²) in [6.07, 6.45) is -0.681. The maximum Gasteiger partial charge on any atom is 0.137 e. The Morgan fingerprint density at radius 3 is 2.81 bits per heavy atom. The second kappa shape index (κ2) is 5.54. The van der Waals surface area contributed by atoms with Gasteiger partial charge in [0.05, 0.1) is 18.2 Å². The van der Waals surface area contributed by atoms with Gasteiger partial charge in [-0.1, -0.05) is 17.7 Å². The summed E-state index contributed by atoms with van der Waals surface area (Å²) < 4.78 is 24.2. The number of hydrogen-bond donors (Lipinski definition) is 1. The summed E-state index contributed by atoms with van der Waals surface area (Å²) in [6.45, 7) is 0. The van der Waals surface area contributed by atoms with Gasteiger partial charge in [0.1, 0.15) is 23.4 Å². The van der Waals surface area contributed by atoms with E-state index in [4.69, 9.17) is 21.1 Å². The Balaban J connectivity index is 1.93. The summed E-state index contributed by atoms with van der Waals surface area (Å²) in [5.74, 6) is 0.545. The summed E-state index contributed by atoms with van der Waals surface area (Å²) in [5, 5.41) is 10.7. The van der Waals surface area contributed by atoms with E-state index < -0.39 is 11.9 Å². The number of methoxy groups -OCH3 is 1. The maximum absolute atomic E-state index is 13.3. The molecule has 2 aromatic carbocycles. The smallest absolute Gasteiger partial charge is 0.137 e. The molecule has 0 amide bonds. The van der Waals surface area contributed by atoms with Crippen LogP contribution in [0.4, 0.5) is 4.39 Å². The minimum Gasteiger partial charge on any atom is -0.495 e. The van der Waals surface area contributed by atoms with E-state index >= 15 is 0 Å². The number of aliphatic hydroxyl groups excluding tert-OH is 1. The van der Waals surface area contributed by atoms with E-state index in [-0.39, 0.29) is 6.10 Å². The van der Waals surface area contributed by atoms with Crippen molar-refractivity contribution >= 4 is 11.6 Å². The third-order valence-corrected chi connectivity index (χ3v) is 3.88. The fraction of sp³-hybridized carbons (Fsp3) is 0.250. The van der Waals surface area contributed by atoms with Crippen LogP contribution < -0.4 is 9.47 Å². The Morgan fingerprint density at radius 2 is 2.10 bits per heavy atom. The van der Waals surface area contributed by atoms with Crippen molar-refractivity contribution in [3.63, 3.8) is 0 Å². The number of benzene rings is 2. The number of fused-ring (bicyclic) bond motifs is 1. The molecular weight excluding hydrogens is 295 g/mol. The van der Waals surface area contributed by atoms with Gasteiger partial charge in [0.25, 0.3) is 0 Å². The first-order valence-electron chi connectivity index (χ1n) is 6.56. The molecule has 2 atom stereocenters. The van der Waals surface area contributed by atoms with Gasteiger partial charge >= 0.3 is 0 Å². The molecule has 0 fully saturated rings. The molecule has 21 heavy (non-hydrogen) atoms. The molecule has 2 aromatic rings. The van der Waals surface area contributed by atoms with Crippen molar-refractivity contribution in [3.05, 3.63) is 58.4 Å². The molecule has 110 valence electrons. The van der Waals surface area contributed by atoms with Gasteiger partial charge in [-0.15, -0.1) is 0 Å². The molecule has 0 bridgehead atoms. The molecule has 1 aliphatic heterocycles. The zero-order chi connectivity index (χ0) is 15.0. The van der Waals surface area contributed by atoms with Crippen molar-refractivity contribution in [2.45, 2.75) is 18.6 Å². The Morgan fingerprint density at radius 1 is 1.29 bits per heavy atom. The lowest BCUT2D eigenvalue weighted by molar-refractivity contribution is 0.0653. The SMILES string of the molecule is COc1ccc(C2C[C@H](O)c3ccc(F)cc3O2)cc1Cl. The van der Waals surface area contributed by atoms with Crippen molar-refractivity contribution in [3.8, 4) is 11.5 Å². The Hall–Kier alpha value is -1.78. The van der Waals surface area contributed by atoms with Crippen LogP contribution in [-0.4, -0.2) is 12.2 Å². The van der Waals surface area contributed by atoms with Gasteiger partial charge < -0.3 is 14.6 Å². The van der Waals surface area contributed by atoms with Gasteiger partial charge in [-0.25, -0.2) is 4.39 Å². The van der Waals surface area contributed by atoms with Crippen molar-refractivity contribution in [1.82, 2.24) is 0 Å². The van der Waals surface area contributed by atoms with Crippen LogP contribution in [0.2, 0.25) is 5.02 Å². The molecule has 5 heteroatoms. The molecule has 1 N–H and O–H groups in total. The fourth-order valence-electron chi connectivity index (χ4n) is 2.50. The average Bonchev–Trinajstić information content (AvgIpc) is 2.46. The van der Waals surface area contributed by atoms with Gasteiger partial charge in [-0.05, 0) is 29.8 Å². The minimum absolute atomic E-state index is 0.366. The molecule has 0 saturated heterocycles. The average molecular weight is 309 g/mol. The van der Waals surface area contributed by atoms with E-state index in [0.717, 1.165) is 5.56 Å². The Labute approximate surface area is 126 Å².